The van der Waals surface area contributed by atoms with Gasteiger partial charge in [0.25, 0.3) is 10.1 Å². The van der Waals surface area contributed by atoms with Crippen LogP contribution in [0.5, 0.6) is 5.75 Å². The lowest BCUT2D eigenvalue weighted by molar-refractivity contribution is -0.00682. The van der Waals surface area contributed by atoms with Crippen molar-refractivity contribution in [1.29, 1.82) is 0 Å². The molecule has 0 aliphatic carbocycles. The van der Waals surface area contributed by atoms with E-state index in [1.54, 1.807) is 42.5 Å². The van der Waals surface area contributed by atoms with Crippen molar-refractivity contribution >= 4 is 16.4 Å². The summed E-state index contributed by atoms with van der Waals surface area (Å²) in [5, 5.41) is 0. The fourth-order valence-electron chi connectivity index (χ4n) is 2.48. The van der Waals surface area contributed by atoms with Gasteiger partial charge in [0, 0.05) is 5.56 Å². The maximum absolute atomic E-state index is 11.9. The minimum absolute atomic E-state index is 0.0577. The number of carbonyl (C=O) groups is 1. The normalized spacial score (nSPS) is 11.4. The van der Waals surface area contributed by atoms with E-state index in [-0.39, 0.29) is 18.1 Å². The first-order valence-corrected chi connectivity index (χ1v) is 12.0. The van der Waals surface area contributed by atoms with Gasteiger partial charge in [-0.3, -0.25) is 8.98 Å². The molecule has 0 amide bonds. The Morgan fingerprint density at radius 3 is 1.61 bits per heavy atom. The molecule has 10 heteroatoms. The van der Waals surface area contributed by atoms with Crippen molar-refractivity contribution in [2.75, 3.05) is 66.1 Å². The van der Waals surface area contributed by atoms with Gasteiger partial charge in [-0.25, -0.2) is 0 Å². The highest BCUT2D eigenvalue weighted by atomic mass is 32.2. The fourth-order valence-corrected chi connectivity index (χ4v) is 3.39. The van der Waals surface area contributed by atoms with Crippen molar-refractivity contribution in [3.8, 4) is 5.75 Å². The van der Waals surface area contributed by atoms with E-state index in [1.165, 1.54) is 12.1 Å². The predicted octanol–water partition coefficient (Wildman–Crippen LogP) is 2.35. The van der Waals surface area contributed by atoms with Crippen molar-refractivity contribution in [1.82, 2.24) is 0 Å². The van der Waals surface area contributed by atoms with E-state index < -0.39 is 10.1 Å². The van der Waals surface area contributed by atoms with Crippen LogP contribution < -0.4 is 4.74 Å². The van der Waals surface area contributed by atoms with E-state index in [2.05, 4.69) is 0 Å². The molecule has 0 atom stereocenters. The Balaban J connectivity index is 1.32. The van der Waals surface area contributed by atoms with Gasteiger partial charge in [0.1, 0.15) is 18.6 Å². The molecule has 0 aromatic heterocycles. The van der Waals surface area contributed by atoms with Crippen LogP contribution in [0.15, 0.2) is 59.5 Å². The smallest absolute Gasteiger partial charge is 0.297 e. The predicted molar refractivity (Wildman–Crippen MR) is 120 cm³/mol. The van der Waals surface area contributed by atoms with Crippen LogP contribution in [-0.2, 0) is 33.2 Å². The number of hydrogen-bond acceptors (Lipinski definition) is 9. The zero-order valence-electron chi connectivity index (χ0n) is 18.4. The number of hydrogen-bond donors (Lipinski definition) is 0. The Morgan fingerprint density at radius 2 is 1.09 bits per heavy atom. The first kappa shape index (κ1) is 26.9. The van der Waals surface area contributed by atoms with Crippen molar-refractivity contribution in [2.45, 2.75) is 4.90 Å². The maximum Gasteiger partial charge on any atom is 0.297 e. The molecule has 2 aromatic carbocycles. The summed E-state index contributed by atoms with van der Waals surface area (Å²) in [4.78, 5) is 10.7. The van der Waals surface area contributed by atoms with Gasteiger partial charge in [-0.2, -0.15) is 8.42 Å². The zero-order valence-corrected chi connectivity index (χ0v) is 19.2. The summed E-state index contributed by atoms with van der Waals surface area (Å²) in [5.74, 6) is 0.686. The van der Waals surface area contributed by atoms with Gasteiger partial charge in [-0.15, -0.1) is 0 Å². The second kappa shape index (κ2) is 16.3. The van der Waals surface area contributed by atoms with Gasteiger partial charge in [0.2, 0.25) is 0 Å². The van der Waals surface area contributed by atoms with Crippen LogP contribution in [0.3, 0.4) is 0 Å². The lowest BCUT2D eigenvalue weighted by Crippen LogP contribution is -2.15. The molecule has 2 rings (SSSR count). The number of ether oxygens (including phenoxy) is 5. The van der Waals surface area contributed by atoms with E-state index in [0.717, 1.165) is 6.29 Å². The number of carbonyl (C=O) groups excluding carboxylic acids is 1. The molecule has 0 heterocycles. The molecular formula is C23H30O9S. The molecule has 0 bridgehead atoms. The Labute approximate surface area is 194 Å². The lowest BCUT2D eigenvalue weighted by atomic mass is 10.2. The molecule has 182 valence electrons. The van der Waals surface area contributed by atoms with Gasteiger partial charge in [-0.1, -0.05) is 18.2 Å². The molecule has 0 saturated heterocycles. The van der Waals surface area contributed by atoms with Crippen LogP contribution in [0.2, 0.25) is 0 Å². The largest absolute Gasteiger partial charge is 0.491 e. The number of aldehydes is 1. The zero-order chi connectivity index (χ0) is 23.6. The van der Waals surface area contributed by atoms with Gasteiger partial charge in [0.05, 0.1) is 64.4 Å². The molecule has 9 nitrogen and oxygen atoms in total. The van der Waals surface area contributed by atoms with Crippen LogP contribution in [-0.4, -0.2) is 80.8 Å². The van der Waals surface area contributed by atoms with Crippen molar-refractivity contribution in [3.05, 3.63) is 60.2 Å². The minimum Gasteiger partial charge on any atom is -0.491 e. The van der Waals surface area contributed by atoms with Crippen LogP contribution >= 0.6 is 0 Å². The molecular weight excluding hydrogens is 452 g/mol. The Bertz CT molecular complexity index is 871. The topological polar surface area (TPSA) is 107 Å². The Kier molecular flexibility index (Phi) is 13.3. The summed E-state index contributed by atoms with van der Waals surface area (Å²) in [6.45, 7) is 3.38. The average Bonchev–Trinajstić information content (AvgIpc) is 2.84. The molecule has 2 aromatic rings. The molecule has 0 radical (unpaired) electrons. The Hall–Kier alpha value is -2.34. The summed E-state index contributed by atoms with van der Waals surface area (Å²) >= 11 is 0. The van der Waals surface area contributed by atoms with E-state index in [0.29, 0.717) is 64.2 Å². The van der Waals surface area contributed by atoms with Crippen LogP contribution in [0.4, 0.5) is 0 Å². The SMILES string of the molecule is O=Cc1ccc(OCCOCCOCCOCCOCCOS(=O)(=O)c2ccccc2)cc1. The third kappa shape index (κ3) is 11.9. The standard InChI is InChI=1S/C23H30O9S/c24-20-21-6-8-22(9-7-21)31-18-16-29-14-12-27-10-11-28-13-15-30-17-19-32-33(25,26)23-4-2-1-3-5-23/h1-9,20H,10-19H2. The molecule has 33 heavy (non-hydrogen) atoms. The maximum atomic E-state index is 11.9. The van der Waals surface area contributed by atoms with E-state index in [9.17, 15) is 13.2 Å². The average molecular weight is 483 g/mol. The lowest BCUT2D eigenvalue weighted by Gasteiger charge is -2.09. The second-order valence-electron chi connectivity index (χ2n) is 6.57. The molecule has 0 aliphatic heterocycles. The summed E-state index contributed by atoms with van der Waals surface area (Å²) in [6.07, 6.45) is 0.784. The molecule has 0 N–H and O–H groups in total. The van der Waals surface area contributed by atoms with Crippen LogP contribution in [0.1, 0.15) is 10.4 Å². The number of rotatable bonds is 19. The van der Waals surface area contributed by atoms with Crippen molar-refractivity contribution < 1.29 is 41.1 Å². The highest BCUT2D eigenvalue weighted by Gasteiger charge is 2.13. The summed E-state index contributed by atoms with van der Waals surface area (Å²) < 4.78 is 55.7. The van der Waals surface area contributed by atoms with Crippen LogP contribution in [0.25, 0.3) is 0 Å². The first-order valence-electron chi connectivity index (χ1n) is 10.6. The monoisotopic (exact) mass is 482 g/mol. The Morgan fingerprint density at radius 1 is 0.606 bits per heavy atom. The molecule has 0 saturated carbocycles. The van der Waals surface area contributed by atoms with Crippen molar-refractivity contribution in [3.63, 3.8) is 0 Å². The highest BCUT2D eigenvalue weighted by Crippen LogP contribution is 2.11. The van der Waals surface area contributed by atoms with E-state index in [1.807, 2.05) is 0 Å². The summed E-state index contributed by atoms with van der Waals surface area (Å²) in [5.41, 5.74) is 0.606. The first-order chi connectivity index (χ1) is 16.1. The quantitative estimate of drug-likeness (QED) is 0.169. The van der Waals surface area contributed by atoms with Gasteiger partial charge >= 0.3 is 0 Å². The molecule has 0 fully saturated rings. The summed E-state index contributed by atoms with van der Waals surface area (Å²) in [6, 6.07) is 14.8. The third-order valence-electron chi connectivity index (χ3n) is 4.13. The van der Waals surface area contributed by atoms with E-state index in [4.69, 9.17) is 27.9 Å². The van der Waals surface area contributed by atoms with Crippen LogP contribution in [0, 0.1) is 0 Å². The second-order valence-corrected chi connectivity index (χ2v) is 8.19. The number of benzene rings is 2. The molecule has 0 aliphatic rings. The fraction of sp³-hybridized carbons (Fsp3) is 0.435. The van der Waals surface area contributed by atoms with Crippen molar-refractivity contribution in [2.24, 2.45) is 0 Å². The van der Waals surface area contributed by atoms with Gasteiger partial charge < -0.3 is 23.7 Å². The minimum atomic E-state index is -3.75. The third-order valence-corrected chi connectivity index (χ3v) is 5.45. The van der Waals surface area contributed by atoms with Gasteiger partial charge in [0.15, 0.2) is 0 Å². The highest BCUT2D eigenvalue weighted by molar-refractivity contribution is 7.86. The summed E-state index contributed by atoms with van der Waals surface area (Å²) in [7, 11) is -3.75. The van der Waals surface area contributed by atoms with Gasteiger partial charge in [-0.05, 0) is 36.4 Å². The molecule has 0 unspecified atom stereocenters. The molecule has 0 spiro atoms. The van der Waals surface area contributed by atoms with E-state index >= 15 is 0 Å².